The summed E-state index contributed by atoms with van der Waals surface area (Å²) in [4.78, 5) is 3.95. The van der Waals surface area contributed by atoms with Gasteiger partial charge in [0, 0.05) is 31.6 Å². The normalized spacial score (nSPS) is 10.4. The fraction of sp³-hybridized carbons (Fsp3) is 0.222. The Labute approximate surface area is 67.0 Å². The predicted octanol–water partition coefficient (Wildman–Crippen LogP) is 1.78. The second-order valence-corrected chi connectivity index (χ2v) is 2.22. The van der Waals surface area contributed by atoms with Crippen molar-refractivity contribution in [1.29, 1.82) is 0 Å². The highest BCUT2D eigenvalue weighted by atomic mass is 14.8. The maximum atomic E-state index is 3.95. The van der Waals surface area contributed by atoms with Gasteiger partial charge in [0.2, 0.25) is 0 Å². The van der Waals surface area contributed by atoms with E-state index in [0.29, 0.717) is 0 Å². The van der Waals surface area contributed by atoms with Crippen molar-refractivity contribution in [2.45, 2.75) is 0 Å². The van der Waals surface area contributed by atoms with Crippen LogP contribution in [-0.4, -0.2) is 20.3 Å². The highest BCUT2D eigenvalue weighted by Crippen LogP contribution is 2.10. The average Bonchev–Trinajstić information content (AvgIpc) is 2.06. The molecule has 0 aliphatic heterocycles. The van der Waals surface area contributed by atoms with Crippen molar-refractivity contribution >= 4 is 11.9 Å². The standard InChI is InChI=1S/C9H12N2/c1-10-7-8-5-3-4-6-9(8)11-2/h3-7,11H,1-2H3. The molecule has 0 aliphatic carbocycles. The highest BCUT2D eigenvalue weighted by Gasteiger charge is 1.92. The zero-order valence-corrected chi connectivity index (χ0v) is 6.83. The first-order valence-corrected chi connectivity index (χ1v) is 3.57. The number of benzene rings is 1. The molecule has 0 saturated heterocycles. The summed E-state index contributed by atoms with van der Waals surface area (Å²) in [5, 5.41) is 3.09. The van der Waals surface area contributed by atoms with Crippen LogP contribution in [0.2, 0.25) is 0 Å². The van der Waals surface area contributed by atoms with E-state index in [1.165, 1.54) is 0 Å². The van der Waals surface area contributed by atoms with Gasteiger partial charge in [0.1, 0.15) is 0 Å². The van der Waals surface area contributed by atoms with Crippen LogP contribution in [0, 0.1) is 0 Å². The summed E-state index contributed by atoms with van der Waals surface area (Å²) >= 11 is 0. The topological polar surface area (TPSA) is 24.4 Å². The van der Waals surface area contributed by atoms with E-state index < -0.39 is 0 Å². The molecule has 11 heavy (non-hydrogen) atoms. The molecule has 0 amide bonds. The maximum Gasteiger partial charge on any atom is 0.0426 e. The Balaban J connectivity index is 3.02. The van der Waals surface area contributed by atoms with Crippen molar-refractivity contribution in [3.05, 3.63) is 29.8 Å². The van der Waals surface area contributed by atoms with E-state index in [2.05, 4.69) is 10.3 Å². The highest BCUT2D eigenvalue weighted by molar-refractivity contribution is 5.87. The van der Waals surface area contributed by atoms with Crippen LogP contribution in [0.3, 0.4) is 0 Å². The molecule has 0 radical (unpaired) electrons. The Morgan fingerprint density at radius 3 is 2.73 bits per heavy atom. The van der Waals surface area contributed by atoms with Gasteiger partial charge in [0.15, 0.2) is 0 Å². The lowest BCUT2D eigenvalue weighted by molar-refractivity contribution is 1.44. The number of nitrogens with one attached hydrogen (secondary N) is 1. The third-order valence-corrected chi connectivity index (χ3v) is 1.50. The van der Waals surface area contributed by atoms with Crippen molar-refractivity contribution in [2.24, 2.45) is 4.99 Å². The number of aliphatic imine (C=N–C) groups is 1. The Hall–Kier alpha value is -1.31. The van der Waals surface area contributed by atoms with E-state index in [1.54, 1.807) is 7.05 Å². The second-order valence-electron chi connectivity index (χ2n) is 2.22. The second kappa shape index (κ2) is 3.76. The molecule has 1 N–H and O–H groups in total. The molecule has 1 aromatic carbocycles. The summed E-state index contributed by atoms with van der Waals surface area (Å²) in [7, 11) is 3.68. The summed E-state index contributed by atoms with van der Waals surface area (Å²) < 4.78 is 0. The Morgan fingerprint density at radius 1 is 1.36 bits per heavy atom. The van der Waals surface area contributed by atoms with Crippen LogP contribution in [0.4, 0.5) is 5.69 Å². The molecule has 2 nitrogen and oxygen atoms in total. The first kappa shape index (κ1) is 7.79. The molecule has 0 bridgehead atoms. The lowest BCUT2D eigenvalue weighted by Crippen LogP contribution is -1.93. The van der Waals surface area contributed by atoms with Gasteiger partial charge < -0.3 is 5.32 Å². The van der Waals surface area contributed by atoms with Gasteiger partial charge in [-0.3, -0.25) is 4.99 Å². The van der Waals surface area contributed by atoms with Gasteiger partial charge in [-0.05, 0) is 6.07 Å². The van der Waals surface area contributed by atoms with Gasteiger partial charge in [-0.15, -0.1) is 0 Å². The molecule has 0 spiro atoms. The Kier molecular flexibility index (Phi) is 2.66. The molecule has 0 unspecified atom stereocenters. The van der Waals surface area contributed by atoms with Gasteiger partial charge in [-0.25, -0.2) is 0 Å². The molecule has 0 saturated carbocycles. The summed E-state index contributed by atoms with van der Waals surface area (Å²) in [5.41, 5.74) is 2.23. The van der Waals surface area contributed by atoms with E-state index in [9.17, 15) is 0 Å². The monoisotopic (exact) mass is 148 g/mol. The number of anilines is 1. The molecule has 0 aliphatic rings. The lowest BCUT2D eigenvalue weighted by atomic mass is 10.2. The Morgan fingerprint density at radius 2 is 2.09 bits per heavy atom. The van der Waals surface area contributed by atoms with E-state index in [1.807, 2.05) is 37.5 Å². The third kappa shape index (κ3) is 1.80. The molecule has 58 valence electrons. The van der Waals surface area contributed by atoms with Gasteiger partial charge in [-0.2, -0.15) is 0 Å². The molecule has 1 aromatic rings. The smallest absolute Gasteiger partial charge is 0.0426 e. The van der Waals surface area contributed by atoms with Gasteiger partial charge >= 0.3 is 0 Å². The predicted molar refractivity (Wildman–Crippen MR) is 49.5 cm³/mol. The number of nitrogens with zero attached hydrogens (tertiary/aromatic N) is 1. The van der Waals surface area contributed by atoms with Crippen molar-refractivity contribution in [3.8, 4) is 0 Å². The molecular weight excluding hydrogens is 136 g/mol. The largest absolute Gasteiger partial charge is 0.388 e. The number of hydrogen-bond acceptors (Lipinski definition) is 2. The zero-order chi connectivity index (χ0) is 8.10. The fourth-order valence-corrected chi connectivity index (χ4v) is 0.976. The van der Waals surface area contributed by atoms with Crippen LogP contribution in [-0.2, 0) is 0 Å². The van der Waals surface area contributed by atoms with Gasteiger partial charge in [0.25, 0.3) is 0 Å². The number of rotatable bonds is 2. The van der Waals surface area contributed by atoms with E-state index in [4.69, 9.17) is 0 Å². The van der Waals surface area contributed by atoms with Crippen LogP contribution in [0.1, 0.15) is 5.56 Å². The minimum Gasteiger partial charge on any atom is -0.388 e. The molecule has 0 aromatic heterocycles. The van der Waals surface area contributed by atoms with Crippen molar-refractivity contribution in [3.63, 3.8) is 0 Å². The van der Waals surface area contributed by atoms with Gasteiger partial charge in [0.05, 0.1) is 0 Å². The SMILES string of the molecule is CN=Cc1ccccc1NC. The minimum atomic E-state index is 1.11. The lowest BCUT2D eigenvalue weighted by Gasteiger charge is -2.02. The number of para-hydroxylation sites is 1. The van der Waals surface area contributed by atoms with Crippen LogP contribution in [0.25, 0.3) is 0 Å². The molecule has 1 rings (SSSR count). The van der Waals surface area contributed by atoms with Gasteiger partial charge in [-0.1, -0.05) is 18.2 Å². The minimum absolute atomic E-state index is 1.11. The molecular formula is C9H12N2. The first-order valence-electron chi connectivity index (χ1n) is 3.57. The van der Waals surface area contributed by atoms with E-state index >= 15 is 0 Å². The summed E-state index contributed by atoms with van der Waals surface area (Å²) in [6.07, 6.45) is 1.84. The zero-order valence-electron chi connectivity index (χ0n) is 6.83. The molecule has 0 fully saturated rings. The van der Waals surface area contributed by atoms with E-state index in [-0.39, 0.29) is 0 Å². The summed E-state index contributed by atoms with van der Waals surface area (Å²) in [6.45, 7) is 0. The quantitative estimate of drug-likeness (QED) is 0.635. The van der Waals surface area contributed by atoms with Crippen molar-refractivity contribution in [1.82, 2.24) is 0 Å². The van der Waals surface area contributed by atoms with Crippen molar-refractivity contribution < 1.29 is 0 Å². The maximum absolute atomic E-state index is 3.95. The summed E-state index contributed by atoms with van der Waals surface area (Å²) in [6, 6.07) is 8.05. The van der Waals surface area contributed by atoms with E-state index in [0.717, 1.165) is 11.3 Å². The fourth-order valence-electron chi connectivity index (χ4n) is 0.976. The molecule has 2 heteroatoms. The van der Waals surface area contributed by atoms with Crippen LogP contribution in [0.5, 0.6) is 0 Å². The Bertz CT molecular complexity index is 253. The van der Waals surface area contributed by atoms with Crippen LogP contribution < -0.4 is 5.32 Å². The number of hydrogen-bond donors (Lipinski definition) is 1. The first-order chi connectivity index (χ1) is 5.38. The van der Waals surface area contributed by atoms with Crippen molar-refractivity contribution in [2.75, 3.05) is 19.4 Å². The molecule has 0 heterocycles. The van der Waals surface area contributed by atoms with Crippen LogP contribution >= 0.6 is 0 Å². The summed E-state index contributed by atoms with van der Waals surface area (Å²) in [5.74, 6) is 0. The third-order valence-electron chi connectivity index (χ3n) is 1.50. The van der Waals surface area contributed by atoms with Crippen LogP contribution in [0.15, 0.2) is 29.3 Å². The molecule has 0 atom stereocenters. The average molecular weight is 148 g/mol.